The maximum absolute atomic E-state index is 11.6. The summed E-state index contributed by atoms with van der Waals surface area (Å²) in [5.41, 5.74) is 6.57. The van der Waals surface area contributed by atoms with Crippen LogP contribution in [-0.4, -0.2) is 17.7 Å². The first-order valence-electron chi connectivity index (χ1n) is 5.87. The Morgan fingerprint density at radius 3 is 2.65 bits per heavy atom. The summed E-state index contributed by atoms with van der Waals surface area (Å²) in [6, 6.07) is 9.57. The number of nitrogens with two attached hydrogens (primary N) is 1. The summed E-state index contributed by atoms with van der Waals surface area (Å²) in [5.74, 6) is 0. The lowest BCUT2D eigenvalue weighted by Gasteiger charge is -2.20. The van der Waals surface area contributed by atoms with Gasteiger partial charge in [-0.3, -0.25) is 0 Å². The molecule has 0 bridgehead atoms. The molecule has 0 radical (unpaired) electrons. The number of nitrogens with one attached hydrogen (secondary N) is 1. The molecule has 1 amide bonds. The Kier molecular flexibility index (Phi) is 3.33. The predicted molar refractivity (Wildman–Crippen MR) is 65.4 cm³/mol. The quantitative estimate of drug-likeness (QED) is 0.834. The second-order valence-electron chi connectivity index (χ2n) is 4.63. The summed E-state index contributed by atoms with van der Waals surface area (Å²) in [5, 5.41) is 2.85. The van der Waals surface area contributed by atoms with Gasteiger partial charge in [-0.05, 0) is 25.3 Å². The second kappa shape index (κ2) is 4.75. The molecular weight excluding hydrogens is 216 g/mol. The number of rotatable bonds is 4. The number of carbonyl (C=O) groups is 1. The van der Waals surface area contributed by atoms with E-state index in [1.807, 2.05) is 37.3 Å². The number of hydrogen-bond donors (Lipinski definition) is 2. The molecule has 17 heavy (non-hydrogen) atoms. The number of benzene rings is 1. The van der Waals surface area contributed by atoms with Crippen molar-refractivity contribution in [3.05, 3.63) is 35.9 Å². The molecule has 0 unspecified atom stereocenters. The van der Waals surface area contributed by atoms with E-state index in [1.165, 1.54) is 0 Å². The lowest BCUT2D eigenvalue weighted by molar-refractivity contribution is 0.132. The zero-order valence-corrected chi connectivity index (χ0v) is 9.98. The molecule has 1 aliphatic carbocycles. The molecule has 0 aromatic heterocycles. The van der Waals surface area contributed by atoms with Crippen LogP contribution >= 0.6 is 0 Å². The minimum Gasteiger partial charge on any atom is -0.445 e. The summed E-state index contributed by atoms with van der Waals surface area (Å²) < 4.78 is 5.15. The fraction of sp³-hybridized carbons (Fsp3) is 0.462. The van der Waals surface area contributed by atoms with E-state index < -0.39 is 0 Å². The molecule has 0 saturated heterocycles. The topological polar surface area (TPSA) is 64.3 Å². The fourth-order valence-corrected chi connectivity index (χ4v) is 1.79. The summed E-state index contributed by atoms with van der Waals surface area (Å²) >= 11 is 0. The highest BCUT2D eigenvalue weighted by molar-refractivity contribution is 5.69. The highest BCUT2D eigenvalue weighted by Crippen LogP contribution is 2.37. The van der Waals surface area contributed by atoms with Crippen molar-refractivity contribution in [2.45, 2.75) is 38.0 Å². The number of hydrogen-bond acceptors (Lipinski definition) is 3. The fourth-order valence-electron chi connectivity index (χ4n) is 1.79. The standard InChI is InChI=1S/C13H18N2O2/c1-10(14)13(7-8-13)15-12(16)17-9-11-5-3-2-4-6-11/h2-6,10H,7-9,14H2,1H3,(H,15,16)/t10-/m1/s1. The largest absolute Gasteiger partial charge is 0.445 e. The van der Waals surface area contributed by atoms with Crippen LogP contribution in [0, 0.1) is 0 Å². The van der Waals surface area contributed by atoms with Crippen LogP contribution in [0.1, 0.15) is 25.3 Å². The molecule has 1 saturated carbocycles. The van der Waals surface area contributed by atoms with Crippen LogP contribution in [0.4, 0.5) is 4.79 Å². The van der Waals surface area contributed by atoms with Crippen molar-refractivity contribution in [2.75, 3.05) is 0 Å². The van der Waals surface area contributed by atoms with Crippen LogP contribution in [0.3, 0.4) is 0 Å². The van der Waals surface area contributed by atoms with Crippen molar-refractivity contribution < 1.29 is 9.53 Å². The molecule has 1 fully saturated rings. The summed E-state index contributed by atoms with van der Waals surface area (Å²) in [6.45, 7) is 2.20. The van der Waals surface area contributed by atoms with Crippen molar-refractivity contribution in [1.29, 1.82) is 0 Å². The van der Waals surface area contributed by atoms with Crippen molar-refractivity contribution in [2.24, 2.45) is 5.73 Å². The Bertz CT molecular complexity index is 386. The van der Waals surface area contributed by atoms with Crippen LogP contribution < -0.4 is 11.1 Å². The first kappa shape index (κ1) is 11.9. The zero-order chi connectivity index (χ0) is 12.3. The third-order valence-electron chi connectivity index (χ3n) is 3.22. The van der Waals surface area contributed by atoms with Crippen LogP contribution in [0.2, 0.25) is 0 Å². The van der Waals surface area contributed by atoms with Gasteiger partial charge in [0.05, 0.1) is 5.54 Å². The molecule has 1 aromatic carbocycles. The third-order valence-corrected chi connectivity index (χ3v) is 3.22. The maximum Gasteiger partial charge on any atom is 0.407 e. The van der Waals surface area contributed by atoms with Crippen LogP contribution in [0.15, 0.2) is 30.3 Å². The van der Waals surface area contributed by atoms with Crippen molar-refractivity contribution in [3.63, 3.8) is 0 Å². The minimum atomic E-state index is -0.386. The van der Waals surface area contributed by atoms with E-state index >= 15 is 0 Å². The first-order chi connectivity index (χ1) is 8.12. The monoisotopic (exact) mass is 234 g/mol. The van der Waals surface area contributed by atoms with Crippen LogP contribution in [0.25, 0.3) is 0 Å². The normalized spacial score (nSPS) is 18.2. The van der Waals surface area contributed by atoms with Gasteiger partial charge in [0, 0.05) is 6.04 Å². The number of carbonyl (C=O) groups excluding carboxylic acids is 1. The van der Waals surface area contributed by atoms with Crippen LogP contribution in [0.5, 0.6) is 0 Å². The van der Waals surface area contributed by atoms with Gasteiger partial charge in [0.15, 0.2) is 0 Å². The lowest BCUT2D eigenvalue weighted by atomic mass is 10.1. The van der Waals surface area contributed by atoms with Crippen molar-refractivity contribution in [1.82, 2.24) is 5.32 Å². The predicted octanol–water partition coefficient (Wildman–Crippen LogP) is 1.79. The second-order valence-corrected chi connectivity index (χ2v) is 4.63. The maximum atomic E-state index is 11.6. The summed E-state index contributed by atoms with van der Waals surface area (Å²) in [4.78, 5) is 11.6. The SMILES string of the molecule is C[C@@H](N)C1(NC(=O)OCc2ccccc2)CC1. The molecule has 0 spiro atoms. The molecule has 0 aliphatic heterocycles. The summed E-state index contributed by atoms with van der Waals surface area (Å²) in [6.07, 6.45) is 1.49. The van der Waals surface area contributed by atoms with Crippen molar-refractivity contribution in [3.8, 4) is 0 Å². The van der Waals surface area contributed by atoms with Gasteiger partial charge in [0.2, 0.25) is 0 Å². The van der Waals surface area contributed by atoms with Crippen molar-refractivity contribution >= 4 is 6.09 Å². The van der Waals surface area contributed by atoms with Gasteiger partial charge in [0.1, 0.15) is 6.61 Å². The van der Waals surface area contributed by atoms with E-state index in [4.69, 9.17) is 10.5 Å². The minimum absolute atomic E-state index is 0.0354. The number of amides is 1. The Hall–Kier alpha value is -1.55. The molecule has 1 atom stereocenters. The smallest absolute Gasteiger partial charge is 0.407 e. The molecule has 1 aliphatic rings. The average molecular weight is 234 g/mol. The Labute approximate surface area is 101 Å². The van der Waals surface area contributed by atoms with Gasteiger partial charge in [-0.15, -0.1) is 0 Å². The Morgan fingerprint density at radius 1 is 1.47 bits per heavy atom. The Balaban J connectivity index is 1.79. The van der Waals surface area contributed by atoms with Gasteiger partial charge in [-0.2, -0.15) is 0 Å². The summed E-state index contributed by atoms with van der Waals surface area (Å²) in [7, 11) is 0. The molecule has 4 nitrogen and oxygen atoms in total. The highest BCUT2D eigenvalue weighted by Gasteiger charge is 2.47. The van der Waals surface area contributed by atoms with E-state index in [2.05, 4.69) is 5.32 Å². The molecule has 3 N–H and O–H groups in total. The zero-order valence-electron chi connectivity index (χ0n) is 9.98. The molecule has 0 heterocycles. The highest BCUT2D eigenvalue weighted by atomic mass is 16.5. The first-order valence-corrected chi connectivity index (χ1v) is 5.87. The Morgan fingerprint density at radius 2 is 2.12 bits per heavy atom. The van der Waals surface area contributed by atoms with E-state index in [9.17, 15) is 4.79 Å². The van der Waals surface area contributed by atoms with E-state index in [0.717, 1.165) is 18.4 Å². The molecule has 2 rings (SSSR count). The molecule has 4 heteroatoms. The van der Waals surface area contributed by atoms with Gasteiger partial charge in [-0.1, -0.05) is 30.3 Å². The number of alkyl carbamates (subject to hydrolysis) is 1. The average Bonchev–Trinajstić information content (AvgIpc) is 3.09. The number of ether oxygens (including phenoxy) is 1. The molecular formula is C13H18N2O2. The van der Waals surface area contributed by atoms with Gasteiger partial charge < -0.3 is 15.8 Å². The molecule has 1 aromatic rings. The van der Waals surface area contributed by atoms with E-state index in [1.54, 1.807) is 0 Å². The van der Waals surface area contributed by atoms with E-state index in [0.29, 0.717) is 6.61 Å². The van der Waals surface area contributed by atoms with Gasteiger partial charge in [-0.25, -0.2) is 4.79 Å². The van der Waals surface area contributed by atoms with Gasteiger partial charge >= 0.3 is 6.09 Å². The lowest BCUT2D eigenvalue weighted by Crippen LogP contribution is -2.48. The molecule has 92 valence electrons. The van der Waals surface area contributed by atoms with Gasteiger partial charge in [0.25, 0.3) is 0 Å². The third kappa shape index (κ3) is 2.97. The van der Waals surface area contributed by atoms with E-state index in [-0.39, 0.29) is 17.7 Å². The van der Waals surface area contributed by atoms with Crippen LogP contribution in [-0.2, 0) is 11.3 Å².